The highest BCUT2D eigenvalue weighted by atomic mass is 35.5. The molecule has 1 aliphatic heterocycles. The summed E-state index contributed by atoms with van der Waals surface area (Å²) in [6, 6.07) is 5.61. The van der Waals surface area contributed by atoms with Gasteiger partial charge in [0, 0.05) is 6.54 Å². The third-order valence-electron chi connectivity index (χ3n) is 2.64. The molecule has 1 fully saturated rings. The number of benzene rings is 1. The number of anilines is 2. The molecule has 1 unspecified atom stereocenters. The van der Waals surface area contributed by atoms with Crippen LogP contribution in [-0.2, 0) is 0 Å². The minimum absolute atomic E-state index is 0.709. The lowest BCUT2D eigenvalue weighted by Gasteiger charge is -2.14. The molecule has 4 heteroatoms. The highest BCUT2D eigenvalue weighted by Gasteiger charge is 2.15. The molecule has 0 aromatic heterocycles. The summed E-state index contributed by atoms with van der Waals surface area (Å²) in [7, 11) is 0. The second-order valence-corrected chi connectivity index (χ2v) is 5.37. The average Bonchev–Trinajstić information content (AvgIpc) is 2.70. The molecule has 2 nitrogen and oxygen atoms in total. The Morgan fingerprint density at radius 2 is 2.40 bits per heavy atom. The van der Waals surface area contributed by atoms with Crippen LogP contribution >= 0.6 is 23.4 Å². The molecular formula is C11H15ClN2S. The van der Waals surface area contributed by atoms with Crippen LogP contribution < -0.4 is 11.1 Å². The fourth-order valence-corrected chi connectivity index (χ4v) is 3.25. The molecule has 0 spiro atoms. The average molecular weight is 243 g/mol. The standard InChI is InChI=1S/C11H15ClN2S/c12-9-2-1-3-10(13)11(9)14-6-8-4-5-15-7-8/h1-3,8,14H,4-7,13H2. The number of nitrogens with one attached hydrogen (secondary N) is 1. The lowest BCUT2D eigenvalue weighted by molar-refractivity contribution is 0.632. The highest BCUT2D eigenvalue weighted by molar-refractivity contribution is 7.99. The van der Waals surface area contributed by atoms with E-state index in [-0.39, 0.29) is 0 Å². The fourth-order valence-electron chi connectivity index (χ4n) is 1.72. The summed E-state index contributed by atoms with van der Waals surface area (Å²) in [6.07, 6.45) is 1.29. The number of nitrogen functional groups attached to an aromatic ring is 1. The summed E-state index contributed by atoms with van der Waals surface area (Å²) < 4.78 is 0. The third-order valence-corrected chi connectivity index (χ3v) is 4.18. The Morgan fingerprint density at radius 3 is 3.07 bits per heavy atom. The van der Waals surface area contributed by atoms with Gasteiger partial charge >= 0.3 is 0 Å². The van der Waals surface area contributed by atoms with Crippen molar-refractivity contribution in [2.24, 2.45) is 5.92 Å². The van der Waals surface area contributed by atoms with Crippen LogP contribution in [0.2, 0.25) is 5.02 Å². The molecule has 1 aromatic rings. The molecule has 1 heterocycles. The molecule has 1 saturated heterocycles. The van der Waals surface area contributed by atoms with E-state index in [1.54, 1.807) is 0 Å². The van der Waals surface area contributed by atoms with Crippen molar-refractivity contribution in [3.05, 3.63) is 23.2 Å². The van der Waals surface area contributed by atoms with Crippen molar-refractivity contribution in [3.63, 3.8) is 0 Å². The number of rotatable bonds is 3. The quantitative estimate of drug-likeness (QED) is 0.800. The molecule has 0 aliphatic carbocycles. The summed E-state index contributed by atoms with van der Waals surface area (Å²) in [5.41, 5.74) is 7.47. The van der Waals surface area contributed by atoms with Crippen molar-refractivity contribution < 1.29 is 0 Å². The fraction of sp³-hybridized carbons (Fsp3) is 0.455. The molecule has 3 N–H and O–H groups in total. The van der Waals surface area contributed by atoms with Gasteiger partial charge in [-0.1, -0.05) is 17.7 Å². The van der Waals surface area contributed by atoms with Gasteiger partial charge in [0.25, 0.3) is 0 Å². The predicted molar refractivity (Wildman–Crippen MR) is 69.8 cm³/mol. The molecule has 0 saturated carbocycles. The Morgan fingerprint density at radius 1 is 1.53 bits per heavy atom. The van der Waals surface area contributed by atoms with Crippen molar-refractivity contribution >= 4 is 34.7 Å². The van der Waals surface area contributed by atoms with Gasteiger partial charge in [-0.25, -0.2) is 0 Å². The zero-order chi connectivity index (χ0) is 10.7. The summed E-state index contributed by atoms with van der Waals surface area (Å²) in [4.78, 5) is 0. The Bertz CT molecular complexity index is 317. The molecule has 1 aliphatic rings. The first kappa shape index (κ1) is 11.0. The van der Waals surface area contributed by atoms with Crippen LogP contribution in [-0.4, -0.2) is 18.1 Å². The summed E-state index contributed by atoms with van der Waals surface area (Å²) in [5.74, 6) is 3.28. The molecule has 15 heavy (non-hydrogen) atoms. The topological polar surface area (TPSA) is 38.0 Å². The SMILES string of the molecule is Nc1cccc(Cl)c1NCC1CCSC1. The van der Waals surface area contributed by atoms with Crippen molar-refractivity contribution in [1.29, 1.82) is 0 Å². The maximum absolute atomic E-state index is 6.07. The van der Waals surface area contributed by atoms with E-state index in [0.717, 1.165) is 23.8 Å². The molecular weight excluding hydrogens is 228 g/mol. The van der Waals surface area contributed by atoms with E-state index < -0.39 is 0 Å². The first-order chi connectivity index (χ1) is 7.27. The lowest BCUT2D eigenvalue weighted by Crippen LogP contribution is -2.14. The normalized spacial score (nSPS) is 20.5. The first-order valence-corrected chi connectivity index (χ1v) is 6.66. The molecule has 1 atom stereocenters. The van der Waals surface area contributed by atoms with Gasteiger partial charge < -0.3 is 11.1 Å². The van der Waals surface area contributed by atoms with E-state index in [2.05, 4.69) is 5.32 Å². The highest BCUT2D eigenvalue weighted by Crippen LogP contribution is 2.29. The van der Waals surface area contributed by atoms with E-state index in [1.807, 2.05) is 30.0 Å². The third kappa shape index (κ3) is 2.73. The zero-order valence-electron chi connectivity index (χ0n) is 8.50. The number of hydrogen-bond donors (Lipinski definition) is 2. The summed E-state index contributed by atoms with van der Waals surface area (Å²) >= 11 is 8.09. The maximum Gasteiger partial charge on any atom is 0.0763 e. The van der Waals surface area contributed by atoms with Gasteiger partial charge in [-0.05, 0) is 36.0 Å². The van der Waals surface area contributed by atoms with Crippen LogP contribution in [0.15, 0.2) is 18.2 Å². The van der Waals surface area contributed by atoms with Crippen molar-refractivity contribution in [2.45, 2.75) is 6.42 Å². The second kappa shape index (κ2) is 4.99. The number of thioether (sulfide) groups is 1. The van der Waals surface area contributed by atoms with Crippen LogP contribution in [0.5, 0.6) is 0 Å². The predicted octanol–water partition coefficient (Wildman–Crippen LogP) is 3.09. The molecule has 0 bridgehead atoms. The zero-order valence-corrected chi connectivity index (χ0v) is 10.1. The lowest BCUT2D eigenvalue weighted by atomic mass is 10.1. The van der Waals surface area contributed by atoms with Gasteiger partial charge in [-0.2, -0.15) is 11.8 Å². The van der Waals surface area contributed by atoms with Gasteiger partial charge in [-0.15, -0.1) is 0 Å². The minimum atomic E-state index is 0.709. The Balaban J connectivity index is 1.97. The van der Waals surface area contributed by atoms with Crippen LogP contribution in [0.25, 0.3) is 0 Å². The molecule has 0 radical (unpaired) electrons. The van der Waals surface area contributed by atoms with E-state index in [1.165, 1.54) is 17.9 Å². The van der Waals surface area contributed by atoms with Crippen LogP contribution in [0.1, 0.15) is 6.42 Å². The maximum atomic E-state index is 6.07. The van der Waals surface area contributed by atoms with Crippen molar-refractivity contribution in [2.75, 3.05) is 29.1 Å². The number of para-hydroxylation sites is 1. The Labute approximate surface area is 99.6 Å². The van der Waals surface area contributed by atoms with E-state index >= 15 is 0 Å². The number of nitrogens with two attached hydrogens (primary N) is 1. The Hall–Kier alpha value is -0.540. The number of hydrogen-bond acceptors (Lipinski definition) is 3. The van der Waals surface area contributed by atoms with E-state index in [9.17, 15) is 0 Å². The Kier molecular flexibility index (Phi) is 3.65. The summed E-state index contributed by atoms with van der Waals surface area (Å²) in [5, 5.41) is 4.06. The van der Waals surface area contributed by atoms with Gasteiger partial charge in [0.2, 0.25) is 0 Å². The minimum Gasteiger partial charge on any atom is -0.397 e. The second-order valence-electron chi connectivity index (χ2n) is 3.81. The number of halogens is 1. The molecule has 0 amide bonds. The molecule has 82 valence electrons. The molecule has 2 rings (SSSR count). The largest absolute Gasteiger partial charge is 0.397 e. The molecule has 1 aromatic carbocycles. The van der Waals surface area contributed by atoms with Crippen LogP contribution in [0, 0.1) is 5.92 Å². The van der Waals surface area contributed by atoms with Crippen LogP contribution in [0.3, 0.4) is 0 Å². The van der Waals surface area contributed by atoms with Gasteiger partial charge in [-0.3, -0.25) is 0 Å². The van der Waals surface area contributed by atoms with Gasteiger partial charge in [0.1, 0.15) is 0 Å². The van der Waals surface area contributed by atoms with Gasteiger partial charge in [0.15, 0.2) is 0 Å². The summed E-state index contributed by atoms with van der Waals surface area (Å²) in [6.45, 7) is 0.973. The van der Waals surface area contributed by atoms with Crippen molar-refractivity contribution in [1.82, 2.24) is 0 Å². The van der Waals surface area contributed by atoms with Crippen molar-refractivity contribution in [3.8, 4) is 0 Å². The van der Waals surface area contributed by atoms with Crippen LogP contribution in [0.4, 0.5) is 11.4 Å². The monoisotopic (exact) mass is 242 g/mol. The van der Waals surface area contributed by atoms with Gasteiger partial charge in [0.05, 0.1) is 16.4 Å². The first-order valence-electron chi connectivity index (χ1n) is 5.13. The van der Waals surface area contributed by atoms with E-state index in [4.69, 9.17) is 17.3 Å². The smallest absolute Gasteiger partial charge is 0.0763 e. The van der Waals surface area contributed by atoms with E-state index in [0.29, 0.717) is 5.02 Å².